The topological polar surface area (TPSA) is 69.0 Å². The highest BCUT2D eigenvalue weighted by molar-refractivity contribution is 9.11. The lowest BCUT2D eigenvalue weighted by molar-refractivity contribution is 0.383. The third-order valence-electron chi connectivity index (χ3n) is 20.7. The molecule has 3 heterocycles. The van der Waals surface area contributed by atoms with Gasteiger partial charge in [-0.05, 0) is 274 Å². The Kier molecular flexibility index (Phi) is 24.9. The molecule has 7 nitrogen and oxygen atoms in total. The fourth-order valence-electron chi connectivity index (χ4n) is 13.2. The summed E-state index contributed by atoms with van der Waals surface area (Å²) < 4.78 is 12.1. The van der Waals surface area contributed by atoms with Gasteiger partial charge in [-0.2, -0.15) is 0 Å². The van der Waals surface area contributed by atoms with Gasteiger partial charge < -0.3 is 9.64 Å². The number of fused-ring (bicyclic) bond motifs is 3. The summed E-state index contributed by atoms with van der Waals surface area (Å²) in [7, 11) is 1.73. The van der Waals surface area contributed by atoms with Gasteiger partial charge in [0.15, 0.2) is 0 Å². The molecule has 14 rings (SSSR count). The lowest BCUT2D eigenvalue weighted by atomic mass is 9.76. The number of hydrogen-bond acceptors (Lipinski definition) is 6. The van der Waals surface area contributed by atoms with Crippen molar-refractivity contribution in [3.63, 3.8) is 0 Å². The predicted molar refractivity (Wildman–Crippen MR) is 480 cm³/mol. The summed E-state index contributed by atoms with van der Waals surface area (Å²) in [6.07, 6.45) is 5.66. The van der Waals surface area contributed by atoms with Crippen LogP contribution in [0.2, 0.25) is 0 Å². The Morgan fingerprint density at radius 3 is 1.12 bits per heavy atom. The van der Waals surface area contributed by atoms with E-state index in [1.165, 1.54) is 68.6 Å². The zero-order valence-corrected chi connectivity index (χ0v) is 73.5. The number of pyridine rings is 2. The standard InChI is InChI=1S/C50H42Br2N2.C23H29Br2N3O.C22H21Br2N/c1-49(2,3)37-17-7-31(8-18-37)41-29-47(33-11-21-39(51)22-12-33)53-45-25-15-35(27-43(41)45)36-16-26-46-44(28-36)42(32-9-19-38(20-10-32)50(4,5)6)30-48(54-46)34-13-23-40(52)24-14-34;1-8-22(3,4)14-12-15(23(5,6)9-2)21(29-7)18(13-14)28-26-19-16(24)10-11-17(25)20(19)27-28;1-2-3-4-17-5-11-20(12-6-17)25(21-13-7-18(23)8-14-21)22-15-9-19(24)10-16-22/h7-30H,1-6H3;10-13H,8-9H2,1-7H3;5-16H,2-4H2,1H3. The first-order chi connectivity index (χ1) is 51.5. The van der Waals surface area contributed by atoms with E-state index in [4.69, 9.17) is 24.9 Å². The molecule has 0 saturated carbocycles. The zero-order valence-electron chi connectivity index (χ0n) is 64.0. The third kappa shape index (κ3) is 18.3. The second-order valence-corrected chi connectivity index (χ2v) is 36.4. The zero-order chi connectivity index (χ0) is 77.0. The first kappa shape index (κ1) is 79.7. The maximum absolute atomic E-state index is 5.95. The third-order valence-corrected chi connectivity index (χ3v) is 24.1. The lowest BCUT2D eigenvalue weighted by Crippen LogP contribution is -2.22. The molecule has 0 N–H and O–H groups in total. The van der Waals surface area contributed by atoms with E-state index in [0.717, 1.165) is 135 Å². The van der Waals surface area contributed by atoms with Crippen LogP contribution in [-0.4, -0.2) is 32.1 Å². The first-order valence-electron chi connectivity index (χ1n) is 37.0. The van der Waals surface area contributed by atoms with Crippen LogP contribution < -0.4 is 9.64 Å². The van der Waals surface area contributed by atoms with Crippen LogP contribution in [0.5, 0.6) is 5.75 Å². The molecule has 3 aromatic heterocycles. The number of anilines is 3. The molecular formula is C95H92Br6N6O. The highest BCUT2D eigenvalue weighted by Gasteiger charge is 2.31. The number of unbranched alkanes of at least 4 members (excludes halogenated alkanes) is 1. The van der Waals surface area contributed by atoms with E-state index in [-0.39, 0.29) is 21.7 Å². The number of nitrogens with zero attached hydrogens (tertiary/aromatic N) is 6. The summed E-state index contributed by atoms with van der Waals surface area (Å²) in [6.45, 7) is 29.3. The van der Waals surface area contributed by atoms with Gasteiger partial charge in [0.05, 0.1) is 29.5 Å². The van der Waals surface area contributed by atoms with Gasteiger partial charge in [-0.3, -0.25) is 0 Å². The van der Waals surface area contributed by atoms with Crippen molar-refractivity contribution in [1.29, 1.82) is 0 Å². The normalized spacial score (nSPS) is 11.9. The van der Waals surface area contributed by atoms with E-state index in [0.29, 0.717) is 0 Å². The fraction of sp³-hybridized carbons (Fsp3) is 0.242. The molecule has 0 fully saturated rings. The van der Waals surface area contributed by atoms with Gasteiger partial charge in [0.2, 0.25) is 0 Å². The Labute approximate surface area is 689 Å². The van der Waals surface area contributed by atoms with Crippen molar-refractivity contribution in [3.05, 3.63) is 297 Å². The molecule has 0 aliphatic carbocycles. The molecular weight excluding hydrogens is 1720 g/mol. The molecule has 0 bridgehead atoms. The van der Waals surface area contributed by atoms with E-state index in [2.05, 4.69) is 421 Å². The summed E-state index contributed by atoms with van der Waals surface area (Å²) in [5.41, 5.74) is 25.6. The van der Waals surface area contributed by atoms with Crippen LogP contribution in [0.4, 0.5) is 17.1 Å². The van der Waals surface area contributed by atoms with E-state index < -0.39 is 0 Å². The maximum Gasteiger partial charge on any atom is 0.150 e. The van der Waals surface area contributed by atoms with Crippen LogP contribution in [0, 0.1) is 0 Å². The van der Waals surface area contributed by atoms with Crippen LogP contribution in [0.3, 0.4) is 0 Å². The minimum atomic E-state index is -0.0341. The molecule has 550 valence electrons. The minimum absolute atomic E-state index is 0.0341. The fourth-order valence-corrected chi connectivity index (χ4v) is 15.1. The summed E-state index contributed by atoms with van der Waals surface area (Å²) in [6, 6.07) is 87.0. The highest BCUT2D eigenvalue weighted by Crippen LogP contribution is 2.45. The molecule has 11 aromatic carbocycles. The van der Waals surface area contributed by atoms with Gasteiger partial charge in [0.25, 0.3) is 0 Å². The number of methoxy groups -OCH3 is 1. The Balaban J connectivity index is 0.000000169. The largest absolute Gasteiger partial charge is 0.494 e. The Bertz CT molecular complexity index is 5220. The SMILES string of the molecule is CC(C)(C)c1ccc(-c2cc(-c3ccc(Br)cc3)nc3ccc(-c4ccc5nc(-c6ccc(Br)cc6)cc(-c6ccc(C(C)(C)C)cc6)c5c4)cc23)cc1.CCC(C)(C)c1cc(-n2nc3c(Br)ccc(Br)c3n2)c(OC)c(C(C)(C)CC)c1.CCCCc1ccc(N(c2ccc(Br)cc2)c2ccc(Br)cc2)cc1. The van der Waals surface area contributed by atoms with Crippen LogP contribution in [0.1, 0.15) is 144 Å². The highest BCUT2D eigenvalue weighted by atomic mass is 79.9. The van der Waals surface area contributed by atoms with Crippen molar-refractivity contribution < 1.29 is 4.74 Å². The number of aryl methyl sites for hydroxylation is 1. The maximum atomic E-state index is 5.95. The predicted octanol–water partition coefficient (Wildman–Crippen LogP) is 30.6. The number of halogens is 6. The van der Waals surface area contributed by atoms with Crippen LogP contribution >= 0.6 is 95.6 Å². The molecule has 0 aliphatic rings. The van der Waals surface area contributed by atoms with Gasteiger partial charge in [-0.15, -0.1) is 15.0 Å². The van der Waals surface area contributed by atoms with E-state index in [9.17, 15) is 0 Å². The molecule has 13 heteroatoms. The van der Waals surface area contributed by atoms with E-state index in [1.807, 2.05) is 12.1 Å². The van der Waals surface area contributed by atoms with Gasteiger partial charge in [-0.25, -0.2) is 9.97 Å². The minimum Gasteiger partial charge on any atom is -0.494 e. The van der Waals surface area contributed by atoms with Crippen molar-refractivity contribution in [2.24, 2.45) is 0 Å². The summed E-state index contributed by atoms with van der Waals surface area (Å²) in [4.78, 5) is 14.4. The smallest absolute Gasteiger partial charge is 0.150 e. The average Bonchev–Trinajstić information content (AvgIpc) is 1.26. The van der Waals surface area contributed by atoms with Gasteiger partial charge >= 0.3 is 0 Å². The molecule has 0 spiro atoms. The Hall–Kier alpha value is -7.88. The average molecular weight is 1810 g/mol. The molecule has 0 radical (unpaired) electrons. The summed E-state index contributed by atoms with van der Waals surface area (Å²) in [5.74, 6) is 0.833. The van der Waals surface area contributed by atoms with Crippen molar-refractivity contribution in [2.75, 3.05) is 12.0 Å². The van der Waals surface area contributed by atoms with Crippen molar-refractivity contribution >= 4 is 145 Å². The van der Waals surface area contributed by atoms with E-state index >= 15 is 0 Å². The monoisotopic (exact) mass is 1810 g/mol. The van der Waals surface area contributed by atoms with E-state index in [1.54, 1.807) is 11.9 Å². The van der Waals surface area contributed by atoms with Gasteiger partial charge in [0.1, 0.15) is 22.5 Å². The summed E-state index contributed by atoms with van der Waals surface area (Å²) >= 11 is 21.4. The number of benzene rings is 11. The number of rotatable bonds is 17. The Morgan fingerprint density at radius 2 is 0.750 bits per heavy atom. The quantitative estimate of drug-likeness (QED) is 0.0905. The Morgan fingerprint density at radius 1 is 0.380 bits per heavy atom. The molecule has 14 aromatic rings. The molecule has 0 unspecified atom stereocenters. The van der Waals surface area contributed by atoms with Crippen LogP contribution in [-0.2, 0) is 28.1 Å². The first-order valence-corrected chi connectivity index (χ1v) is 41.8. The van der Waals surface area contributed by atoms with Crippen LogP contribution in [0.25, 0.3) is 94.4 Å². The number of hydrogen-bond donors (Lipinski definition) is 0. The number of ether oxygens (including phenoxy) is 1. The van der Waals surface area contributed by atoms with Crippen molar-refractivity contribution in [2.45, 2.75) is 144 Å². The molecule has 0 amide bonds. The van der Waals surface area contributed by atoms with Gasteiger partial charge in [-0.1, -0.05) is 263 Å². The molecule has 108 heavy (non-hydrogen) atoms. The lowest BCUT2D eigenvalue weighted by Gasteiger charge is -2.31. The van der Waals surface area contributed by atoms with Crippen molar-refractivity contribution in [1.82, 2.24) is 25.0 Å². The number of aromatic nitrogens is 5. The molecule has 0 saturated heterocycles. The molecule has 0 atom stereocenters. The van der Waals surface area contributed by atoms with Crippen LogP contribution in [0.15, 0.2) is 269 Å². The summed E-state index contributed by atoms with van der Waals surface area (Å²) in [5, 5.41) is 11.8. The second kappa shape index (κ2) is 33.8. The van der Waals surface area contributed by atoms with Gasteiger partial charge in [0, 0.05) is 71.4 Å². The second-order valence-electron chi connectivity index (χ2n) is 31.1. The molecule has 0 aliphatic heterocycles. The van der Waals surface area contributed by atoms with Crippen molar-refractivity contribution in [3.8, 4) is 67.3 Å².